The Balaban J connectivity index is 1.55. The summed E-state index contributed by atoms with van der Waals surface area (Å²) in [6.07, 6.45) is 2.31. The Morgan fingerprint density at radius 3 is 2.74 bits per heavy atom. The first-order valence-corrected chi connectivity index (χ1v) is 10.1. The lowest BCUT2D eigenvalue weighted by atomic mass is 10.0. The molecule has 0 radical (unpaired) electrons. The summed E-state index contributed by atoms with van der Waals surface area (Å²) in [5, 5.41) is 3.26. The maximum atomic E-state index is 5.62. The highest BCUT2D eigenvalue weighted by atomic mass is 32.1. The van der Waals surface area contributed by atoms with E-state index >= 15 is 0 Å². The molecule has 0 spiro atoms. The number of methoxy groups -OCH3 is 2. The first-order chi connectivity index (χ1) is 13.3. The highest BCUT2D eigenvalue weighted by Crippen LogP contribution is 2.39. The van der Waals surface area contributed by atoms with Crippen molar-refractivity contribution >= 4 is 11.3 Å². The van der Waals surface area contributed by atoms with E-state index in [2.05, 4.69) is 40.6 Å². The number of hydrogen-bond acceptors (Lipinski definition) is 5. The van der Waals surface area contributed by atoms with Gasteiger partial charge in [-0.2, -0.15) is 0 Å². The van der Waals surface area contributed by atoms with Crippen LogP contribution in [0.4, 0.5) is 0 Å². The second-order valence-electron chi connectivity index (χ2n) is 6.75. The van der Waals surface area contributed by atoms with E-state index in [1.54, 1.807) is 25.6 Å². The lowest BCUT2D eigenvalue weighted by Gasteiger charge is -2.25. The van der Waals surface area contributed by atoms with Crippen LogP contribution >= 0.6 is 11.3 Å². The number of nitrogens with zero attached hydrogens (tertiary/aromatic N) is 2. The lowest BCUT2D eigenvalue weighted by molar-refractivity contribution is 0.240. The molecular formula is C22H24N2O2S. The average Bonchev–Trinajstić information content (AvgIpc) is 3.38. The fourth-order valence-electron chi connectivity index (χ4n) is 3.77. The van der Waals surface area contributed by atoms with Crippen LogP contribution < -0.4 is 9.47 Å². The van der Waals surface area contributed by atoms with Crippen LogP contribution in [-0.4, -0.2) is 30.6 Å². The Labute approximate surface area is 164 Å². The maximum Gasteiger partial charge on any atom is 0.123 e. The molecule has 1 fully saturated rings. The van der Waals surface area contributed by atoms with Gasteiger partial charge in [0, 0.05) is 29.1 Å². The fraction of sp³-hybridized carbons (Fsp3) is 0.318. The zero-order chi connectivity index (χ0) is 18.6. The van der Waals surface area contributed by atoms with Crippen LogP contribution in [0, 0.1) is 0 Å². The van der Waals surface area contributed by atoms with Crippen molar-refractivity contribution in [3.05, 3.63) is 65.2 Å². The summed E-state index contributed by atoms with van der Waals surface area (Å²) in [6, 6.07) is 16.8. The molecule has 1 aliphatic rings. The van der Waals surface area contributed by atoms with Crippen LogP contribution in [0.5, 0.6) is 11.5 Å². The van der Waals surface area contributed by atoms with Gasteiger partial charge in [-0.15, -0.1) is 11.3 Å². The summed E-state index contributed by atoms with van der Waals surface area (Å²) in [4.78, 5) is 7.37. The Bertz CT molecular complexity index is 894. The van der Waals surface area contributed by atoms with Gasteiger partial charge in [-0.25, -0.2) is 4.98 Å². The van der Waals surface area contributed by atoms with Crippen LogP contribution in [0.15, 0.2) is 53.9 Å². The number of aromatic nitrogens is 1. The molecule has 0 saturated carbocycles. The van der Waals surface area contributed by atoms with Crippen LogP contribution in [0.1, 0.15) is 30.1 Å². The van der Waals surface area contributed by atoms with Gasteiger partial charge in [0.2, 0.25) is 0 Å². The number of ether oxygens (including phenoxy) is 2. The van der Waals surface area contributed by atoms with Crippen molar-refractivity contribution in [3.8, 4) is 22.1 Å². The number of likely N-dealkylation sites (tertiary alicyclic amines) is 1. The molecule has 5 heteroatoms. The lowest BCUT2D eigenvalue weighted by Crippen LogP contribution is -2.23. The highest BCUT2D eigenvalue weighted by Gasteiger charge is 2.29. The van der Waals surface area contributed by atoms with Crippen LogP contribution in [0.2, 0.25) is 0 Å². The summed E-state index contributed by atoms with van der Waals surface area (Å²) < 4.78 is 11.1. The van der Waals surface area contributed by atoms with E-state index in [0.29, 0.717) is 6.04 Å². The van der Waals surface area contributed by atoms with Crippen molar-refractivity contribution in [1.29, 1.82) is 0 Å². The van der Waals surface area contributed by atoms with Gasteiger partial charge in [-0.3, -0.25) is 4.90 Å². The van der Waals surface area contributed by atoms with Gasteiger partial charge in [-0.1, -0.05) is 30.3 Å². The smallest absolute Gasteiger partial charge is 0.123 e. The van der Waals surface area contributed by atoms with Crippen molar-refractivity contribution in [1.82, 2.24) is 9.88 Å². The molecule has 0 aliphatic carbocycles. The third kappa shape index (κ3) is 3.84. The van der Waals surface area contributed by atoms with E-state index in [0.717, 1.165) is 41.7 Å². The van der Waals surface area contributed by atoms with E-state index in [1.807, 2.05) is 18.2 Å². The minimum Gasteiger partial charge on any atom is -0.497 e. The molecule has 2 heterocycles. The second kappa shape index (κ2) is 8.11. The minimum atomic E-state index is 0.330. The monoisotopic (exact) mass is 380 g/mol. The summed E-state index contributed by atoms with van der Waals surface area (Å²) in [7, 11) is 3.44. The summed E-state index contributed by atoms with van der Waals surface area (Å²) >= 11 is 1.71. The van der Waals surface area contributed by atoms with Gasteiger partial charge in [0.25, 0.3) is 0 Å². The van der Waals surface area contributed by atoms with Crippen molar-refractivity contribution in [2.24, 2.45) is 0 Å². The third-order valence-corrected chi connectivity index (χ3v) is 6.04. The standard InChI is InChI=1S/C22H24N2O2S/c1-25-18-10-11-21(26-2)19(13-18)20-9-6-12-24(20)14-17-15-27-22(23-17)16-7-4-3-5-8-16/h3-5,7-8,10-11,13,15,20H,6,9,12,14H2,1-2H3. The molecule has 27 heavy (non-hydrogen) atoms. The van der Waals surface area contributed by atoms with Crippen molar-refractivity contribution in [2.45, 2.75) is 25.4 Å². The predicted molar refractivity (Wildman–Crippen MR) is 109 cm³/mol. The summed E-state index contributed by atoms with van der Waals surface area (Å²) in [5.41, 5.74) is 3.52. The Kier molecular flexibility index (Phi) is 5.41. The fourth-order valence-corrected chi connectivity index (χ4v) is 4.59. The van der Waals surface area contributed by atoms with E-state index in [4.69, 9.17) is 14.5 Å². The largest absolute Gasteiger partial charge is 0.497 e. The molecular weight excluding hydrogens is 356 g/mol. The van der Waals surface area contributed by atoms with Crippen LogP contribution in [0.25, 0.3) is 10.6 Å². The summed E-state index contributed by atoms with van der Waals surface area (Å²) in [5.74, 6) is 1.80. The molecule has 0 N–H and O–H groups in total. The zero-order valence-electron chi connectivity index (χ0n) is 15.7. The van der Waals surface area contributed by atoms with E-state index in [-0.39, 0.29) is 0 Å². The van der Waals surface area contributed by atoms with Crippen LogP contribution in [-0.2, 0) is 6.54 Å². The Hall–Kier alpha value is -2.37. The van der Waals surface area contributed by atoms with Crippen molar-refractivity contribution < 1.29 is 9.47 Å². The van der Waals surface area contributed by atoms with Crippen LogP contribution in [0.3, 0.4) is 0 Å². The van der Waals surface area contributed by atoms with Gasteiger partial charge in [-0.05, 0) is 37.6 Å². The molecule has 0 amide bonds. The molecule has 1 atom stereocenters. The van der Waals surface area contributed by atoms with Crippen molar-refractivity contribution in [3.63, 3.8) is 0 Å². The van der Waals surface area contributed by atoms with Gasteiger partial charge >= 0.3 is 0 Å². The SMILES string of the molecule is COc1ccc(OC)c(C2CCCN2Cc2csc(-c3ccccc3)n2)c1. The quantitative estimate of drug-likeness (QED) is 0.591. The minimum absolute atomic E-state index is 0.330. The van der Waals surface area contributed by atoms with Gasteiger partial charge < -0.3 is 9.47 Å². The Morgan fingerprint density at radius 2 is 1.96 bits per heavy atom. The third-order valence-electron chi connectivity index (χ3n) is 5.10. The number of benzene rings is 2. The number of rotatable bonds is 6. The molecule has 4 rings (SSSR count). The molecule has 4 nitrogen and oxygen atoms in total. The molecule has 0 bridgehead atoms. The molecule has 1 unspecified atom stereocenters. The first kappa shape index (κ1) is 18.0. The average molecular weight is 381 g/mol. The predicted octanol–water partition coefficient (Wildman–Crippen LogP) is 5.16. The van der Waals surface area contributed by atoms with E-state index < -0.39 is 0 Å². The first-order valence-electron chi connectivity index (χ1n) is 9.24. The van der Waals surface area contributed by atoms with Crippen molar-refractivity contribution in [2.75, 3.05) is 20.8 Å². The normalized spacial score (nSPS) is 17.2. The molecule has 3 aromatic rings. The molecule has 2 aromatic carbocycles. The molecule has 1 saturated heterocycles. The number of thiazole rings is 1. The van der Waals surface area contributed by atoms with E-state index in [9.17, 15) is 0 Å². The number of hydrogen-bond donors (Lipinski definition) is 0. The maximum absolute atomic E-state index is 5.62. The second-order valence-corrected chi connectivity index (χ2v) is 7.60. The Morgan fingerprint density at radius 1 is 1.11 bits per heavy atom. The van der Waals surface area contributed by atoms with Gasteiger partial charge in [0.1, 0.15) is 16.5 Å². The molecule has 1 aromatic heterocycles. The van der Waals surface area contributed by atoms with Gasteiger partial charge in [0.15, 0.2) is 0 Å². The molecule has 1 aliphatic heterocycles. The van der Waals surface area contributed by atoms with E-state index in [1.165, 1.54) is 17.5 Å². The molecule has 140 valence electrons. The highest BCUT2D eigenvalue weighted by molar-refractivity contribution is 7.13. The zero-order valence-corrected chi connectivity index (χ0v) is 16.5. The summed E-state index contributed by atoms with van der Waals surface area (Å²) in [6.45, 7) is 1.93. The topological polar surface area (TPSA) is 34.6 Å². The van der Waals surface area contributed by atoms with Gasteiger partial charge in [0.05, 0.1) is 19.9 Å².